The van der Waals surface area contributed by atoms with E-state index in [9.17, 15) is 27.9 Å². The van der Waals surface area contributed by atoms with E-state index in [1.54, 1.807) is 36.4 Å². The van der Waals surface area contributed by atoms with E-state index in [4.69, 9.17) is 16.3 Å². The number of carbonyl (C=O) groups is 2. The van der Waals surface area contributed by atoms with E-state index >= 15 is 0 Å². The van der Waals surface area contributed by atoms with Crippen molar-refractivity contribution in [2.75, 3.05) is 6.61 Å². The molecule has 0 fully saturated rings. The van der Waals surface area contributed by atoms with Gasteiger partial charge in [0.05, 0.1) is 17.7 Å². The Morgan fingerprint density at radius 2 is 1.54 bits per heavy atom. The zero-order chi connectivity index (χ0) is 28.4. The van der Waals surface area contributed by atoms with Crippen LogP contribution >= 0.6 is 11.6 Å². The highest BCUT2D eigenvalue weighted by Crippen LogP contribution is 2.31. The molecule has 2 N–H and O–H groups in total. The number of hydrogen-bond donors (Lipinski definition) is 2. The average Bonchev–Trinajstić information content (AvgIpc) is 2.90. The molecule has 0 heterocycles. The number of aliphatic carboxylic acids is 1. The fourth-order valence-electron chi connectivity index (χ4n) is 4.05. The summed E-state index contributed by atoms with van der Waals surface area (Å²) in [6, 6.07) is 15.0. The molecule has 0 unspecified atom stereocenters. The second-order valence-corrected chi connectivity index (χ2v) is 9.68. The van der Waals surface area contributed by atoms with Crippen LogP contribution in [0.4, 0.5) is 13.2 Å². The smallest absolute Gasteiger partial charge is 0.416 e. The number of rotatable bonds is 13. The molecular weight excluding hydrogens is 531 g/mol. The molecule has 39 heavy (non-hydrogen) atoms. The van der Waals surface area contributed by atoms with E-state index in [1.165, 1.54) is 18.2 Å². The maximum absolute atomic E-state index is 13.0. The fourth-order valence-corrected chi connectivity index (χ4v) is 4.22. The van der Waals surface area contributed by atoms with Crippen LogP contribution in [0.3, 0.4) is 0 Å². The van der Waals surface area contributed by atoms with Gasteiger partial charge < -0.3 is 15.2 Å². The molecule has 5 nitrogen and oxygen atoms in total. The van der Waals surface area contributed by atoms with Gasteiger partial charge in [0.25, 0.3) is 5.91 Å². The van der Waals surface area contributed by atoms with Crippen molar-refractivity contribution in [3.05, 3.63) is 88.4 Å². The molecule has 1 amide bonds. The molecule has 0 aliphatic rings. The molecule has 0 spiro atoms. The van der Waals surface area contributed by atoms with E-state index in [-0.39, 0.29) is 12.0 Å². The highest BCUT2D eigenvalue weighted by atomic mass is 35.5. The van der Waals surface area contributed by atoms with Gasteiger partial charge in [0.2, 0.25) is 0 Å². The molecule has 0 saturated carbocycles. The molecule has 0 aliphatic heterocycles. The maximum atomic E-state index is 13.0. The highest BCUT2D eigenvalue weighted by Gasteiger charge is 2.30. The number of nitrogens with one attached hydrogen (secondary N) is 1. The number of ether oxygens (including phenoxy) is 1. The lowest BCUT2D eigenvalue weighted by Gasteiger charge is -2.17. The molecule has 3 aromatic carbocycles. The summed E-state index contributed by atoms with van der Waals surface area (Å²) in [5.74, 6) is -1.50. The average molecular weight is 562 g/mol. The second kappa shape index (κ2) is 14.0. The number of amides is 1. The Bertz CT molecular complexity index is 1240. The van der Waals surface area contributed by atoms with Crippen LogP contribution in [-0.2, 0) is 17.4 Å². The topological polar surface area (TPSA) is 75.6 Å². The first kappa shape index (κ1) is 30.0. The highest BCUT2D eigenvalue weighted by molar-refractivity contribution is 6.31. The van der Waals surface area contributed by atoms with Crippen molar-refractivity contribution in [1.29, 1.82) is 0 Å². The minimum Gasteiger partial charge on any atom is -0.493 e. The van der Waals surface area contributed by atoms with E-state index in [0.29, 0.717) is 34.1 Å². The first-order chi connectivity index (χ1) is 18.6. The molecule has 0 aromatic heterocycles. The van der Waals surface area contributed by atoms with Crippen molar-refractivity contribution in [3.63, 3.8) is 0 Å². The van der Waals surface area contributed by atoms with Gasteiger partial charge >= 0.3 is 12.1 Å². The summed E-state index contributed by atoms with van der Waals surface area (Å²) in [5, 5.41) is 12.6. The normalized spacial score (nSPS) is 12.1. The van der Waals surface area contributed by atoms with Crippen LogP contribution in [0.1, 0.15) is 60.5 Å². The van der Waals surface area contributed by atoms with Crippen molar-refractivity contribution < 1.29 is 32.6 Å². The van der Waals surface area contributed by atoms with Crippen LogP contribution in [0.15, 0.2) is 66.7 Å². The van der Waals surface area contributed by atoms with E-state index in [0.717, 1.165) is 44.2 Å². The van der Waals surface area contributed by atoms with E-state index in [2.05, 4.69) is 12.2 Å². The number of benzene rings is 3. The molecule has 9 heteroatoms. The predicted octanol–water partition coefficient (Wildman–Crippen LogP) is 7.80. The predicted molar refractivity (Wildman–Crippen MR) is 145 cm³/mol. The fraction of sp³-hybridized carbons (Fsp3) is 0.333. The molecule has 1 atom stereocenters. The number of carbonyl (C=O) groups excluding carboxylic acids is 1. The van der Waals surface area contributed by atoms with Crippen LogP contribution < -0.4 is 10.1 Å². The Kier molecular flexibility index (Phi) is 10.8. The number of unbranched alkanes of at least 4 members (excludes halogenated alkanes) is 4. The Labute approximate surface area is 231 Å². The second-order valence-electron chi connectivity index (χ2n) is 9.24. The van der Waals surface area contributed by atoms with Gasteiger partial charge in [-0.3, -0.25) is 4.79 Å². The van der Waals surface area contributed by atoms with Gasteiger partial charge in [0.15, 0.2) is 0 Å². The Morgan fingerprint density at radius 3 is 2.13 bits per heavy atom. The Hall–Kier alpha value is -3.52. The minimum atomic E-state index is -4.41. The van der Waals surface area contributed by atoms with Gasteiger partial charge in [0.1, 0.15) is 11.8 Å². The maximum Gasteiger partial charge on any atom is 0.416 e. The quantitative estimate of drug-likeness (QED) is 0.209. The Balaban J connectivity index is 1.66. The number of halogens is 4. The molecular formula is C30H31ClF3NO4. The van der Waals surface area contributed by atoms with Crippen LogP contribution in [0, 0.1) is 0 Å². The molecule has 0 aliphatic carbocycles. The van der Waals surface area contributed by atoms with Crippen LogP contribution in [0.2, 0.25) is 5.02 Å². The minimum absolute atomic E-state index is 0.00253. The zero-order valence-electron chi connectivity index (χ0n) is 21.6. The molecule has 3 rings (SSSR count). The van der Waals surface area contributed by atoms with Gasteiger partial charge in [-0.25, -0.2) is 4.79 Å². The Morgan fingerprint density at radius 1 is 0.923 bits per heavy atom. The first-order valence-corrected chi connectivity index (χ1v) is 13.2. The van der Waals surface area contributed by atoms with Gasteiger partial charge in [-0.15, -0.1) is 0 Å². The molecule has 0 radical (unpaired) electrons. The van der Waals surface area contributed by atoms with Gasteiger partial charge in [-0.2, -0.15) is 13.2 Å². The van der Waals surface area contributed by atoms with Crippen molar-refractivity contribution >= 4 is 23.5 Å². The summed E-state index contributed by atoms with van der Waals surface area (Å²) >= 11 is 6.10. The van der Waals surface area contributed by atoms with Crippen molar-refractivity contribution in [2.24, 2.45) is 0 Å². The van der Waals surface area contributed by atoms with Gasteiger partial charge in [-0.1, -0.05) is 80.6 Å². The third-order valence-corrected chi connectivity index (χ3v) is 6.47. The first-order valence-electron chi connectivity index (χ1n) is 12.8. The van der Waals surface area contributed by atoms with E-state index in [1.807, 2.05) is 0 Å². The molecule has 0 saturated heterocycles. The zero-order valence-corrected chi connectivity index (χ0v) is 22.3. The molecule has 208 valence electrons. The summed E-state index contributed by atoms with van der Waals surface area (Å²) in [5.41, 5.74) is 1.33. The molecule has 3 aromatic rings. The largest absolute Gasteiger partial charge is 0.493 e. The van der Waals surface area contributed by atoms with Crippen molar-refractivity contribution in [3.8, 4) is 16.9 Å². The van der Waals surface area contributed by atoms with Crippen molar-refractivity contribution in [2.45, 2.75) is 57.7 Å². The van der Waals surface area contributed by atoms with Crippen LogP contribution in [-0.4, -0.2) is 29.6 Å². The molecule has 0 bridgehead atoms. The van der Waals surface area contributed by atoms with E-state index < -0.39 is 29.7 Å². The number of alkyl halides is 3. The summed E-state index contributed by atoms with van der Waals surface area (Å²) < 4.78 is 44.3. The lowest BCUT2D eigenvalue weighted by atomic mass is 9.99. The summed E-state index contributed by atoms with van der Waals surface area (Å²) in [6.45, 7) is 2.57. The SMILES string of the molecule is CCCCCCCOc1ccc(Cl)cc1C(=O)N[C@@H](Cc1ccc(-c2ccc(C(F)(F)F)cc2)cc1)C(=O)O. The summed E-state index contributed by atoms with van der Waals surface area (Å²) in [4.78, 5) is 25.0. The lowest BCUT2D eigenvalue weighted by molar-refractivity contribution is -0.139. The van der Waals surface area contributed by atoms with Crippen LogP contribution in [0.5, 0.6) is 5.75 Å². The van der Waals surface area contributed by atoms with Gasteiger partial charge in [0, 0.05) is 11.4 Å². The number of carboxylic acids is 1. The number of hydrogen-bond acceptors (Lipinski definition) is 3. The summed E-state index contributed by atoms with van der Waals surface area (Å²) in [7, 11) is 0. The third-order valence-electron chi connectivity index (χ3n) is 6.23. The monoisotopic (exact) mass is 561 g/mol. The lowest BCUT2D eigenvalue weighted by Crippen LogP contribution is -2.42. The summed E-state index contributed by atoms with van der Waals surface area (Å²) in [6.07, 6.45) is 0.845. The van der Waals surface area contributed by atoms with Crippen molar-refractivity contribution in [1.82, 2.24) is 5.32 Å². The third kappa shape index (κ3) is 9.03. The number of carboxylic acid groups (broad SMARTS) is 1. The van der Waals surface area contributed by atoms with Crippen LogP contribution in [0.25, 0.3) is 11.1 Å². The standard InChI is InChI=1S/C30H31ClF3NO4/c1-2-3-4-5-6-17-39-27-16-15-24(31)19-25(27)28(36)35-26(29(37)38)18-20-7-9-21(10-8-20)22-11-13-23(14-12-22)30(32,33)34/h7-16,19,26H,2-6,17-18H2,1H3,(H,35,36)(H,37,38)/t26-/m0/s1. The van der Waals surface area contributed by atoms with Gasteiger partial charge in [-0.05, 0) is 53.4 Å².